The molecule has 0 aliphatic carbocycles. The SMILES string of the molecule is COC(=N)c1c[nH]c2ccccc12. The Morgan fingerprint density at radius 1 is 1.38 bits per heavy atom. The number of aromatic nitrogens is 1. The molecule has 0 fully saturated rings. The van der Waals surface area contributed by atoms with Crippen LogP contribution in [0.2, 0.25) is 0 Å². The minimum Gasteiger partial charge on any atom is -0.481 e. The summed E-state index contributed by atoms with van der Waals surface area (Å²) in [6.07, 6.45) is 1.79. The Labute approximate surface area is 75.9 Å². The van der Waals surface area contributed by atoms with Crippen molar-refractivity contribution in [3.05, 3.63) is 36.0 Å². The third-order valence-electron chi connectivity index (χ3n) is 2.04. The highest BCUT2D eigenvalue weighted by atomic mass is 16.5. The minimum atomic E-state index is 0.192. The van der Waals surface area contributed by atoms with E-state index >= 15 is 0 Å². The van der Waals surface area contributed by atoms with Crippen molar-refractivity contribution in [1.82, 2.24) is 4.98 Å². The van der Waals surface area contributed by atoms with Gasteiger partial charge in [-0.1, -0.05) is 18.2 Å². The van der Waals surface area contributed by atoms with E-state index in [0.717, 1.165) is 16.5 Å². The first-order valence-electron chi connectivity index (χ1n) is 4.02. The van der Waals surface area contributed by atoms with Crippen LogP contribution in [0.25, 0.3) is 10.9 Å². The zero-order chi connectivity index (χ0) is 9.26. The van der Waals surface area contributed by atoms with Crippen molar-refractivity contribution >= 4 is 16.8 Å². The molecule has 0 spiro atoms. The van der Waals surface area contributed by atoms with Crippen molar-refractivity contribution in [3.8, 4) is 0 Å². The van der Waals surface area contributed by atoms with Gasteiger partial charge in [0.15, 0.2) is 0 Å². The van der Waals surface area contributed by atoms with E-state index in [1.54, 1.807) is 6.20 Å². The minimum absolute atomic E-state index is 0.192. The van der Waals surface area contributed by atoms with Gasteiger partial charge in [0.05, 0.1) is 12.7 Å². The number of hydrogen-bond donors (Lipinski definition) is 2. The highest BCUT2D eigenvalue weighted by molar-refractivity contribution is 6.05. The molecule has 0 aliphatic heterocycles. The molecule has 1 aromatic carbocycles. The Bertz CT molecular complexity index is 445. The van der Waals surface area contributed by atoms with Gasteiger partial charge >= 0.3 is 0 Å². The molecule has 1 aromatic heterocycles. The van der Waals surface area contributed by atoms with Crippen molar-refractivity contribution in [1.29, 1.82) is 5.41 Å². The van der Waals surface area contributed by atoms with Gasteiger partial charge in [0.2, 0.25) is 5.90 Å². The van der Waals surface area contributed by atoms with Gasteiger partial charge in [-0.15, -0.1) is 0 Å². The highest BCUT2D eigenvalue weighted by Crippen LogP contribution is 2.17. The molecule has 2 N–H and O–H groups in total. The number of nitrogens with one attached hydrogen (secondary N) is 2. The van der Waals surface area contributed by atoms with Crippen LogP contribution in [0.4, 0.5) is 0 Å². The number of ether oxygens (including phenoxy) is 1. The van der Waals surface area contributed by atoms with Crippen molar-refractivity contribution in [2.24, 2.45) is 0 Å². The molecule has 1 heterocycles. The Kier molecular flexibility index (Phi) is 1.77. The van der Waals surface area contributed by atoms with Crippen LogP contribution >= 0.6 is 0 Å². The summed E-state index contributed by atoms with van der Waals surface area (Å²) in [4.78, 5) is 3.08. The maximum atomic E-state index is 7.53. The van der Waals surface area contributed by atoms with E-state index in [9.17, 15) is 0 Å². The number of benzene rings is 1. The van der Waals surface area contributed by atoms with E-state index in [4.69, 9.17) is 10.1 Å². The van der Waals surface area contributed by atoms with E-state index < -0.39 is 0 Å². The number of H-pyrrole nitrogens is 1. The summed E-state index contributed by atoms with van der Waals surface area (Å²) in [5, 5.41) is 8.56. The fourth-order valence-electron chi connectivity index (χ4n) is 1.37. The summed E-state index contributed by atoms with van der Waals surface area (Å²) in [5.74, 6) is 0.192. The Hall–Kier alpha value is -1.77. The third kappa shape index (κ3) is 1.18. The molecule has 2 aromatic rings. The molecular formula is C10H10N2O. The lowest BCUT2D eigenvalue weighted by Gasteiger charge is -1.98. The van der Waals surface area contributed by atoms with Gasteiger partial charge in [-0.3, -0.25) is 5.41 Å². The van der Waals surface area contributed by atoms with Gasteiger partial charge in [0.25, 0.3) is 0 Å². The number of fused-ring (bicyclic) bond motifs is 1. The second-order valence-electron chi connectivity index (χ2n) is 2.78. The van der Waals surface area contributed by atoms with Crippen LogP contribution in [0.3, 0.4) is 0 Å². The van der Waals surface area contributed by atoms with Crippen LogP contribution in [0.5, 0.6) is 0 Å². The van der Waals surface area contributed by atoms with E-state index in [-0.39, 0.29) is 5.90 Å². The van der Waals surface area contributed by atoms with Gasteiger partial charge in [0.1, 0.15) is 0 Å². The molecule has 0 amide bonds. The lowest BCUT2D eigenvalue weighted by atomic mass is 10.2. The fourth-order valence-corrected chi connectivity index (χ4v) is 1.37. The molecule has 0 saturated carbocycles. The first-order valence-corrected chi connectivity index (χ1v) is 4.02. The molecule has 0 unspecified atom stereocenters. The van der Waals surface area contributed by atoms with Gasteiger partial charge in [0, 0.05) is 17.1 Å². The maximum absolute atomic E-state index is 7.53. The second-order valence-corrected chi connectivity index (χ2v) is 2.78. The number of para-hydroxylation sites is 1. The normalized spacial score (nSPS) is 10.2. The smallest absolute Gasteiger partial charge is 0.215 e. The molecule has 3 nitrogen and oxygen atoms in total. The molecule has 0 saturated heterocycles. The molecule has 66 valence electrons. The second kappa shape index (κ2) is 2.94. The monoisotopic (exact) mass is 174 g/mol. The quantitative estimate of drug-likeness (QED) is 0.505. The lowest BCUT2D eigenvalue weighted by molar-refractivity contribution is 0.401. The van der Waals surface area contributed by atoms with Crippen molar-refractivity contribution in [2.75, 3.05) is 7.11 Å². The Morgan fingerprint density at radius 3 is 2.92 bits per heavy atom. The first-order chi connectivity index (χ1) is 6.33. The van der Waals surface area contributed by atoms with Gasteiger partial charge in [-0.2, -0.15) is 0 Å². The number of aromatic amines is 1. The van der Waals surface area contributed by atoms with Crippen molar-refractivity contribution in [3.63, 3.8) is 0 Å². The van der Waals surface area contributed by atoms with E-state index in [1.807, 2.05) is 24.3 Å². The Balaban J connectivity index is 2.64. The van der Waals surface area contributed by atoms with Gasteiger partial charge in [-0.05, 0) is 6.07 Å². The first kappa shape index (κ1) is 7.86. The van der Waals surface area contributed by atoms with Crippen LogP contribution < -0.4 is 0 Å². The summed E-state index contributed by atoms with van der Waals surface area (Å²) in [6.45, 7) is 0. The standard InChI is InChI=1S/C10H10N2O/c1-13-10(11)8-6-12-9-5-3-2-4-7(8)9/h2-6,11-12H,1H3. The topological polar surface area (TPSA) is 48.9 Å². The summed E-state index contributed by atoms with van der Waals surface area (Å²) in [7, 11) is 1.50. The Morgan fingerprint density at radius 2 is 2.15 bits per heavy atom. The number of methoxy groups -OCH3 is 1. The van der Waals surface area contributed by atoms with Crippen LogP contribution in [0.1, 0.15) is 5.56 Å². The average Bonchev–Trinajstić information content (AvgIpc) is 2.60. The molecule has 0 bridgehead atoms. The zero-order valence-corrected chi connectivity index (χ0v) is 7.29. The molecule has 0 radical (unpaired) electrons. The van der Waals surface area contributed by atoms with Crippen molar-refractivity contribution in [2.45, 2.75) is 0 Å². The molecule has 0 aliphatic rings. The summed E-state index contributed by atoms with van der Waals surface area (Å²) in [6, 6.07) is 7.85. The van der Waals surface area contributed by atoms with Crippen LogP contribution in [-0.4, -0.2) is 18.0 Å². The average molecular weight is 174 g/mol. The molecule has 13 heavy (non-hydrogen) atoms. The zero-order valence-electron chi connectivity index (χ0n) is 7.29. The number of hydrogen-bond acceptors (Lipinski definition) is 2. The maximum Gasteiger partial charge on any atom is 0.215 e. The van der Waals surface area contributed by atoms with E-state index in [1.165, 1.54) is 7.11 Å². The third-order valence-corrected chi connectivity index (χ3v) is 2.04. The fraction of sp³-hybridized carbons (Fsp3) is 0.100. The van der Waals surface area contributed by atoms with E-state index in [2.05, 4.69) is 4.98 Å². The molecular weight excluding hydrogens is 164 g/mol. The van der Waals surface area contributed by atoms with Gasteiger partial charge in [-0.25, -0.2) is 0 Å². The molecule has 2 rings (SSSR count). The number of rotatable bonds is 1. The predicted molar refractivity (Wildman–Crippen MR) is 52.1 cm³/mol. The van der Waals surface area contributed by atoms with Gasteiger partial charge < -0.3 is 9.72 Å². The highest BCUT2D eigenvalue weighted by Gasteiger charge is 2.07. The summed E-state index contributed by atoms with van der Waals surface area (Å²) >= 11 is 0. The van der Waals surface area contributed by atoms with Crippen LogP contribution in [0.15, 0.2) is 30.5 Å². The summed E-state index contributed by atoms with van der Waals surface area (Å²) < 4.78 is 4.87. The van der Waals surface area contributed by atoms with Crippen molar-refractivity contribution < 1.29 is 4.74 Å². The molecule has 3 heteroatoms. The largest absolute Gasteiger partial charge is 0.481 e. The lowest BCUT2D eigenvalue weighted by Crippen LogP contribution is -1.99. The molecule has 0 atom stereocenters. The van der Waals surface area contributed by atoms with Crippen LogP contribution in [-0.2, 0) is 4.74 Å². The predicted octanol–water partition coefficient (Wildman–Crippen LogP) is 2.14. The van der Waals surface area contributed by atoms with Crippen LogP contribution in [0, 0.1) is 5.41 Å². The van der Waals surface area contributed by atoms with E-state index in [0.29, 0.717) is 0 Å². The summed E-state index contributed by atoms with van der Waals surface area (Å²) in [5.41, 5.74) is 1.83.